The van der Waals surface area contributed by atoms with E-state index in [-0.39, 0.29) is 5.82 Å². The molecule has 0 atom stereocenters. The van der Waals surface area contributed by atoms with Crippen molar-refractivity contribution < 1.29 is 4.39 Å². The molecule has 4 rings (SSSR count). The first-order chi connectivity index (χ1) is 16.2. The van der Waals surface area contributed by atoms with Gasteiger partial charge in [0.05, 0.1) is 0 Å². The largest absolute Gasteiger partial charge is 0.362 e. The van der Waals surface area contributed by atoms with Crippen LogP contribution in [0.15, 0.2) is 30.3 Å². The Morgan fingerprint density at radius 3 is 1.97 bits per heavy atom. The number of aromatic nitrogens is 2. The normalized spacial score (nSPS) is 16.9. The van der Waals surface area contributed by atoms with Crippen molar-refractivity contribution in [3.8, 4) is 0 Å². The molecule has 0 saturated carbocycles. The van der Waals surface area contributed by atoms with Crippen molar-refractivity contribution in [3.63, 3.8) is 0 Å². The van der Waals surface area contributed by atoms with E-state index in [2.05, 4.69) is 26.5 Å². The van der Waals surface area contributed by atoms with E-state index >= 15 is 0 Å². The number of halogens is 1. The van der Waals surface area contributed by atoms with Crippen molar-refractivity contribution in [1.29, 1.82) is 0 Å². The first-order valence-corrected chi connectivity index (χ1v) is 12.8. The Labute approximate surface area is 202 Å². The molecule has 0 aliphatic carbocycles. The summed E-state index contributed by atoms with van der Waals surface area (Å²) in [5.74, 6) is 2.35. The molecule has 33 heavy (non-hydrogen) atoms. The fraction of sp³-hybridized carbons (Fsp3) is 0.560. The van der Waals surface area contributed by atoms with Gasteiger partial charge in [-0.3, -0.25) is 0 Å². The molecule has 3 heterocycles. The Bertz CT molecular complexity index is 892. The minimum absolute atomic E-state index is 0.200. The number of nitrogens with one attached hydrogen (secondary N) is 2. The van der Waals surface area contributed by atoms with E-state index in [1.165, 1.54) is 57.1 Å². The molecule has 2 fully saturated rings. The Hall–Kier alpha value is -2.48. The maximum absolute atomic E-state index is 13.0. The van der Waals surface area contributed by atoms with Gasteiger partial charge in [0.1, 0.15) is 17.5 Å². The van der Waals surface area contributed by atoms with Crippen molar-refractivity contribution in [2.45, 2.75) is 57.8 Å². The highest BCUT2D eigenvalue weighted by Gasteiger charge is 2.18. The first kappa shape index (κ1) is 23.7. The van der Waals surface area contributed by atoms with Crippen LogP contribution >= 0.6 is 12.2 Å². The van der Waals surface area contributed by atoms with E-state index in [1.54, 1.807) is 0 Å². The van der Waals surface area contributed by atoms with Crippen LogP contribution in [-0.4, -0.2) is 47.8 Å². The van der Waals surface area contributed by atoms with Crippen LogP contribution in [0.2, 0.25) is 0 Å². The predicted molar refractivity (Wildman–Crippen MR) is 138 cm³/mol. The zero-order valence-corrected chi connectivity index (χ0v) is 20.2. The molecule has 0 bridgehead atoms. The molecular formula is C25H35FN6S. The van der Waals surface area contributed by atoms with Crippen molar-refractivity contribution in [3.05, 3.63) is 41.7 Å². The summed E-state index contributed by atoms with van der Waals surface area (Å²) in [5.41, 5.74) is 1.12. The maximum Gasteiger partial charge on any atom is 0.232 e. The minimum Gasteiger partial charge on any atom is -0.362 e. The Morgan fingerprint density at radius 1 is 0.848 bits per heavy atom. The van der Waals surface area contributed by atoms with E-state index in [1.807, 2.05) is 12.1 Å². The number of thiocarbonyl (C=S) groups is 1. The first-order valence-electron chi connectivity index (χ1n) is 12.4. The Morgan fingerprint density at radius 2 is 1.39 bits per heavy atom. The van der Waals surface area contributed by atoms with E-state index < -0.39 is 0 Å². The summed E-state index contributed by atoms with van der Waals surface area (Å²) < 4.78 is 13.0. The quantitative estimate of drug-likeness (QED) is 0.441. The molecule has 6 nitrogen and oxygen atoms in total. The molecule has 2 aromatic rings. The summed E-state index contributed by atoms with van der Waals surface area (Å²) in [5, 5.41) is 7.01. The lowest BCUT2D eigenvalue weighted by molar-refractivity contribution is 0.573. The summed E-state index contributed by atoms with van der Waals surface area (Å²) in [7, 11) is 0. The van der Waals surface area contributed by atoms with Crippen LogP contribution in [0.5, 0.6) is 0 Å². The summed E-state index contributed by atoms with van der Waals surface area (Å²) in [6.07, 6.45) is 10.5. The van der Waals surface area contributed by atoms with Gasteiger partial charge in [-0.25, -0.2) is 4.39 Å². The molecule has 2 saturated heterocycles. The van der Waals surface area contributed by atoms with E-state index in [0.29, 0.717) is 11.1 Å². The van der Waals surface area contributed by atoms with Crippen LogP contribution < -0.4 is 20.4 Å². The van der Waals surface area contributed by atoms with Gasteiger partial charge in [0.2, 0.25) is 5.95 Å². The molecule has 2 N–H and O–H groups in total. The third-order valence-electron chi connectivity index (χ3n) is 6.38. The van der Waals surface area contributed by atoms with Crippen LogP contribution in [-0.2, 0) is 6.42 Å². The van der Waals surface area contributed by atoms with E-state index in [9.17, 15) is 4.39 Å². The van der Waals surface area contributed by atoms with E-state index in [4.69, 9.17) is 22.2 Å². The molecule has 2 aliphatic rings. The van der Waals surface area contributed by atoms with Crippen LogP contribution in [0, 0.1) is 5.82 Å². The average Bonchev–Trinajstić information content (AvgIpc) is 3.13. The smallest absolute Gasteiger partial charge is 0.232 e. The number of hydrogen-bond acceptors (Lipinski definition) is 5. The number of nitrogens with zero attached hydrogens (tertiary/aromatic N) is 4. The van der Waals surface area contributed by atoms with Gasteiger partial charge >= 0.3 is 0 Å². The Balaban J connectivity index is 1.37. The number of benzene rings is 1. The number of piperidine rings is 1. The SMILES string of the molecule is Fc1ccc(CCCNC(=S)Nc2nc(N3CCCCCC3)cc(N3CCCCC3)n2)cc1. The van der Waals surface area contributed by atoms with Gasteiger partial charge < -0.3 is 20.4 Å². The second-order valence-corrected chi connectivity index (χ2v) is 9.38. The minimum atomic E-state index is -0.200. The summed E-state index contributed by atoms with van der Waals surface area (Å²) in [4.78, 5) is 14.4. The van der Waals surface area contributed by atoms with Gasteiger partial charge in [-0.2, -0.15) is 9.97 Å². The van der Waals surface area contributed by atoms with Gasteiger partial charge in [0, 0.05) is 38.8 Å². The summed E-state index contributed by atoms with van der Waals surface area (Å²) in [6.45, 7) is 4.90. The van der Waals surface area contributed by atoms with Gasteiger partial charge in [-0.05, 0) is 74.9 Å². The third kappa shape index (κ3) is 7.25. The van der Waals surface area contributed by atoms with Crippen molar-refractivity contribution in [1.82, 2.24) is 15.3 Å². The number of aryl methyl sites for hydroxylation is 1. The molecule has 178 valence electrons. The molecule has 0 spiro atoms. The van der Waals surface area contributed by atoms with Gasteiger partial charge in [0.25, 0.3) is 0 Å². The Kier molecular flexibility index (Phi) is 8.69. The topological polar surface area (TPSA) is 56.3 Å². The molecular weight excluding hydrogens is 435 g/mol. The molecule has 0 amide bonds. The lowest BCUT2D eigenvalue weighted by Crippen LogP contribution is -2.33. The van der Waals surface area contributed by atoms with Crippen molar-refractivity contribution in [2.75, 3.05) is 47.8 Å². The summed E-state index contributed by atoms with van der Waals surface area (Å²) in [6, 6.07) is 8.82. The number of hydrogen-bond donors (Lipinski definition) is 2. The third-order valence-corrected chi connectivity index (χ3v) is 6.62. The molecule has 1 aromatic heterocycles. The average molecular weight is 471 g/mol. The van der Waals surface area contributed by atoms with Crippen LogP contribution in [0.3, 0.4) is 0 Å². The van der Waals surface area contributed by atoms with Gasteiger partial charge in [-0.1, -0.05) is 25.0 Å². The lowest BCUT2D eigenvalue weighted by Gasteiger charge is -2.29. The fourth-order valence-corrected chi connectivity index (χ4v) is 4.71. The lowest BCUT2D eigenvalue weighted by atomic mass is 10.1. The predicted octanol–water partition coefficient (Wildman–Crippen LogP) is 4.91. The zero-order valence-electron chi connectivity index (χ0n) is 19.4. The fourth-order valence-electron chi connectivity index (χ4n) is 4.52. The molecule has 0 unspecified atom stereocenters. The highest BCUT2D eigenvalue weighted by molar-refractivity contribution is 7.80. The second kappa shape index (κ2) is 12.1. The highest BCUT2D eigenvalue weighted by Crippen LogP contribution is 2.25. The van der Waals surface area contributed by atoms with Gasteiger partial charge in [-0.15, -0.1) is 0 Å². The summed E-state index contributed by atoms with van der Waals surface area (Å²) >= 11 is 5.53. The van der Waals surface area contributed by atoms with Crippen LogP contribution in [0.4, 0.5) is 22.0 Å². The zero-order chi connectivity index (χ0) is 22.9. The van der Waals surface area contributed by atoms with E-state index in [0.717, 1.165) is 62.8 Å². The van der Waals surface area contributed by atoms with Crippen LogP contribution in [0.25, 0.3) is 0 Å². The number of anilines is 3. The highest BCUT2D eigenvalue weighted by atomic mass is 32.1. The maximum atomic E-state index is 13.0. The molecule has 0 radical (unpaired) electrons. The van der Waals surface area contributed by atoms with Gasteiger partial charge in [0.15, 0.2) is 5.11 Å². The molecule has 2 aliphatic heterocycles. The number of rotatable bonds is 7. The van der Waals surface area contributed by atoms with Crippen LogP contribution in [0.1, 0.15) is 56.9 Å². The molecule has 1 aromatic carbocycles. The molecule has 8 heteroatoms. The van der Waals surface area contributed by atoms with Crippen molar-refractivity contribution >= 4 is 34.9 Å². The standard InChI is InChI=1S/C25H35FN6S/c26-21-12-10-20(11-13-21)9-8-14-27-25(33)30-24-28-22(31-15-4-1-2-5-16-31)19-23(29-24)32-17-6-3-7-18-32/h10-13,19H,1-9,14-18H2,(H2,27,28,29,30,33). The second-order valence-electron chi connectivity index (χ2n) is 8.97. The monoisotopic (exact) mass is 470 g/mol. The van der Waals surface area contributed by atoms with Crippen molar-refractivity contribution in [2.24, 2.45) is 0 Å².